The fraction of sp³-hybridized carbons (Fsp3) is 0.889. The van der Waals surface area contributed by atoms with Crippen molar-refractivity contribution in [2.75, 3.05) is 13.2 Å². The van der Waals surface area contributed by atoms with Gasteiger partial charge in [0.2, 0.25) is 0 Å². The highest BCUT2D eigenvalue weighted by Crippen LogP contribution is 2.04. The monoisotopic (exact) mass is 143 g/mol. The molecule has 0 saturated heterocycles. The number of hydrogen-bond donors (Lipinski definition) is 0. The molecular weight excluding hydrogens is 124 g/mol. The van der Waals surface area contributed by atoms with Gasteiger partial charge in [0.25, 0.3) is 0 Å². The molecule has 0 aromatic heterocycles. The molecule has 0 aromatic rings. The van der Waals surface area contributed by atoms with Crippen LogP contribution in [0.3, 0.4) is 0 Å². The zero-order chi connectivity index (χ0) is 7.82. The molecule has 0 fully saturated rings. The van der Waals surface area contributed by atoms with Crippen LogP contribution < -0.4 is 0 Å². The van der Waals surface area contributed by atoms with E-state index < -0.39 is 0 Å². The molecule has 0 saturated carbocycles. The third-order valence-corrected chi connectivity index (χ3v) is 1.31. The van der Waals surface area contributed by atoms with Crippen molar-refractivity contribution in [3.05, 3.63) is 6.42 Å². The first kappa shape index (κ1) is 9.96. The molecule has 0 amide bonds. The van der Waals surface area contributed by atoms with Crippen molar-refractivity contribution in [3.8, 4) is 0 Å². The molecule has 61 valence electrons. The van der Waals surface area contributed by atoms with Gasteiger partial charge in [0.1, 0.15) is 0 Å². The van der Waals surface area contributed by atoms with Gasteiger partial charge in [-0.1, -0.05) is 13.8 Å². The number of unbranched alkanes of at least 4 members (excludes halogenated alkanes) is 1. The second-order valence-electron chi connectivity index (χ2n) is 2.90. The van der Waals surface area contributed by atoms with Crippen molar-refractivity contribution in [1.29, 1.82) is 0 Å². The summed E-state index contributed by atoms with van der Waals surface area (Å²) in [4.78, 5) is 0. The van der Waals surface area contributed by atoms with Crippen LogP contribution >= 0.6 is 0 Å². The zero-order valence-corrected chi connectivity index (χ0v) is 7.39. The maximum absolute atomic E-state index is 5.18. The van der Waals surface area contributed by atoms with E-state index in [1.807, 2.05) is 6.92 Å². The highest BCUT2D eigenvalue weighted by atomic mass is 16.5. The predicted octanol–water partition coefficient (Wildman–Crippen LogP) is 2.66. The summed E-state index contributed by atoms with van der Waals surface area (Å²) in [5, 5.41) is 0. The van der Waals surface area contributed by atoms with E-state index in [9.17, 15) is 0 Å². The molecule has 0 aromatic carbocycles. The highest BCUT2D eigenvalue weighted by molar-refractivity contribution is 4.65. The van der Waals surface area contributed by atoms with E-state index in [4.69, 9.17) is 4.74 Å². The Morgan fingerprint density at radius 1 is 1.40 bits per heavy atom. The van der Waals surface area contributed by atoms with Crippen molar-refractivity contribution >= 4 is 0 Å². The molecule has 0 atom stereocenters. The Kier molecular flexibility index (Phi) is 7.04. The van der Waals surface area contributed by atoms with Gasteiger partial charge in [-0.25, -0.2) is 0 Å². The second kappa shape index (κ2) is 7.07. The van der Waals surface area contributed by atoms with Gasteiger partial charge in [-0.15, -0.1) is 0 Å². The van der Waals surface area contributed by atoms with E-state index in [2.05, 4.69) is 20.3 Å². The van der Waals surface area contributed by atoms with Crippen LogP contribution in [0.15, 0.2) is 0 Å². The first-order chi connectivity index (χ1) is 4.77. The maximum Gasteiger partial charge on any atom is 0.0468 e. The molecule has 1 heteroatoms. The maximum atomic E-state index is 5.18. The minimum absolute atomic E-state index is 0.793. The summed E-state index contributed by atoms with van der Waals surface area (Å²) in [6, 6.07) is 0. The molecule has 0 aliphatic rings. The minimum atomic E-state index is 0.793. The summed E-state index contributed by atoms with van der Waals surface area (Å²) in [5.41, 5.74) is 0. The Labute approximate surface area is 64.8 Å². The Morgan fingerprint density at radius 3 is 2.60 bits per heavy atom. The van der Waals surface area contributed by atoms with E-state index in [0.717, 1.165) is 25.6 Å². The van der Waals surface area contributed by atoms with Gasteiger partial charge in [-0.05, 0) is 32.1 Å². The normalized spacial score (nSPS) is 10.8. The predicted molar refractivity (Wildman–Crippen MR) is 44.9 cm³/mol. The average Bonchev–Trinajstić information content (AvgIpc) is 1.87. The molecule has 0 heterocycles. The van der Waals surface area contributed by atoms with Crippen LogP contribution in [0.25, 0.3) is 0 Å². The summed E-state index contributed by atoms with van der Waals surface area (Å²) in [7, 11) is 0. The van der Waals surface area contributed by atoms with E-state index in [0.29, 0.717) is 0 Å². The molecular formula is C9H19O. The Bertz CT molecular complexity index is 59.7. The van der Waals surface area contributed by atoms with Crippen molar-refractivity contribution in [2.24, 2.45) is 5.92 Å². The molecule has 1 radical (unpaired) electrons. The third kappa shape index (κ3) is 7.96. The Morgan fingerprint density at radius 2 is 2.10 bits per heavy atom. The Balaban J connectivity index is 2.77. The second-order valence-corrected chi connectivity index (χ2v) is 2.90. The van der Waals surface area contributed by atoms with Crippen molar-refractivity contribution in [2.45, 2.75) is 33.6 Å². The zero-order valence-electron chi connectivity index (χ0n) is 7.39. The number of hydrogen-bond acceptors (Lipinski definition) is 1. The lowest BCUT2D eigenvalue weighted by molar-refractivity contribution is 0.149. The van der Waals surface area contributed by atoms with Crippen LogP contribution in [-0.4, -0.2) is 13.2 Å². The molecule has 0 bridgehead atoms. The summed E-state index contributed by atoms with van der Waals surface area (Å²) in [6.07, 6.45) is 4.62. The lowest BCUT2D eigenvalue weighted by Crippen LogP contribution is -1.95. The van der Waals surface area contributed by atoms with Crippen LogP contribution in [0.5, 0.6) is 0 Å². The number of rotatable bonds is 6. The third-order valence-electron chi connectivity index (χ3n) is 1.31. The smallest absolute Gasteiger partial charge is 0.0468 e. The Hall–Kier alpha value is -0.0400. The SMILES string of the molecule is CCOCC[CH]CC(C)C. The minimum Gasteiger partial charge on any atom is -0.382 e. The molecule has 0 aliphatic carbocycles. The molecule has 0 N–H and O–H groups in total. The fourth-order valence-corrected chi connectivity index (χ4v) is 0.762. The van der Waals surface area contributed by atoms with E-state index in [1.54, 1.807) is 0 Å². The van der Waals surface area contributed by atoms with Gasteiger partial charge < -0.3 is 4.74 Å². The molecule has 0 unspecified atom stereocenters. The number of ether oxygens (including phenoxy) is 1. The first-order valence-electron chi connectivity index (χ1n) is 4.16. The molecule has 0 rings (SSSR count). The van der Waals surface area contributed by atoms with Crippen molar-refractivity contribution < 1.29 is 4.74 Å². The summed E-state index contributed by atoms with van der Waals surface area (Å²) < 4.78 is 5.18. The van der Waals surface area contributed by atoms with Gasteiger partial charge in [0.05, 0.1) is 0 Å². The molecule has 0 spiro atoms. The van der Waals surface area contributed by atoms with Crippen LogP contribution in [0.1, 0.15) is 33.6 Å². The van der Waals surface area contributed by atoms with Crippen LogP contribution in [0, 0.1) is 12.3 Å². The van der Waals surface area contributed by atoms with E-state index in [1.165, 1.54) is 6.42 Å². The van der Waals surface area contributed by atoms with Gasteiger partial charge in [0.15, 0.2) is 0 Å². The van der Waals surface area contributed by atoms with Crippen LogP contribution in [0.4, 0.5) is 0 Å². The molecule has 10 heavy (non-hydrogen) atoms. The largest absolute Gasteiger partial charge is 0.382 e. The topological polar surface area (TPSA) is 9.23 Å². The van der Waals surface area contributed by atoms with Crippen molar-refractivity contribution in [1.82, 2.24) is 0 Å². The summed E-state index contributed by atoms with van der Waals surface area (Å²) in [6.45, 7) is 8.23. The van der Waals surface area contributed by atoms with Gasteiger partial charge >= 0.3 is 0 Å². The molecule has 0 aliphatic heterocycles. The lowest BCUT2D eigenvalue weighted by atomic mass is 10.1. The molecule has 1 nitrogen and oxygen atoms in total. The van der Waals surface area contributed by atoms with Gasteiger partial charge in [-0.2, -0.15) is 0 Å². The standard InChI is InChI=1S/C9H19O/c1-4-10-8-6-5-7-9(2)3/h5,9H,4,6-8H2,1-3H3. The quantitative estimate of drug-likeness (QED) is 0.519. The van der Waals surface area contributed by atoms with Crippen LogP contribution in [0.2, 0.25) is 0 Å². The van der Waals surface area contributed by atoms with Crippen molar-refractivity contribution in [3.63, 3.8) is 0 Å². The van der Waals surface area contributed by atoms with Gasteiger partial charge in [0, 0.05) is 13.2 Å². The van der Waals surface area contributed by atoms with Crippen LogP contribution in [-0.2, 0) is 4.74 Å². The van der Waals surface area contributed by atoms with Gasteiger partial charge in [-0.3, -0.25) is 0 Å². The highest BCUT2D eigenvalue weighted by Gasteiger charge is 1.93. The fourth-order valence-electron chi connectivity index (χ4n) is 0.762. The first-order valence-corrected chi connectivity index (χ1v) is 4.16. The summed E-state index contributed by atoms with van der Waals surface area (Å²) in [5.74, 6) is 0.793. The summed E-state index contributed by atoms with van der Waals surface area (Å²) >= 11 is 0. The van der Waals surface area contributed by atoms with E-state index in [-0.39, 0.29) is 0 Å². The lowest BCUT2D eigenvalue weighted by Gasteiger charge is -2.03. The van der Waals surface area contributed by atoms with E-state index >= 15 is 0 Å². The average molecular weight is 143 g/mol.